The number of rotatable bonds is 6. The summed E-state index contributed by atoms with van der Waals surface area (Å²) >= 11 is 0. The van der Waals surface area contributed by atoms with Gasteiger partial charge in [-0.05, 0) is 5.92 Å². The van der Waals surface area contributed by atoms with E-state index >= 15 is 0 Å². The molecular formula is C10H17N3O4. The van der Waals surface area contributed by atoms with Crippen LogP contribution < -0.4 is 0 Å². The van der Waals surface area contributed by atoms with E-state index in [2.05, 4.69) is 10.3 Å². The average molecular weight is 243 g/mol. The Bertz CT molecular complexity index is 389. The second-order valence-electron chi connectivity index (χ2n) is 4.07. The third-order valence-corrected chi connectivity index (χ3v) is 2.27. The fourth-order valence-corrected chi connectivity index (χ4v) is 1.62. The highest BCUT2D eigenvalue weighted by Gasteiger charge is 2.22. The zero-order chi connectivity index (χ0) is 13.0. The molecule has 0 aliphatic carbocycles. The first-order valence-corrected chi connectivity index (χ1v) is 5.31. The molecule has 1 heterocycles. The Balaban J connectivity index is 2.96. The van der Waals surface area contributed by atoms with Crippen molar-refractivity contribution in [2.75, 3.05) is 13.7 Å². The fraction of sp³-hybridized carbons (Fsp3) is 0.700. The van der Waals surface area contributed by atoms with Crippen LogP contribution in [0.25, 0.3) is 0 Å². The second kappa shape index (κ2) is 5.74. The molecule has 0 spiro atoms. The van der Waals surface area contributed by atoms with Crippen LogP contribution in [0.1, 0.15) is 35.9 Å². The highest BCUT2D eigenvalue weighted by molar-refractivity contribution is 5.86. The number of aromatic nitrogens is 3. The van der Waals surface area contributed by atoms with Crippen LogP contribution in [-0.4, -0.2) is 51.0 Å². The second-order valence-corrected chi connectivity index (χ2v) is 4.07. The van der Waals surface area contributed by atoms with Gasteiger partial charge in [-0.3, -0.25) is 0 Å². The summed E-state index contributed by atoms with van der Waals surface area (Å²) in [6.07, 6.45) is -0.735. The molecule has 1 atom stereocenters. The van der Waals surface area contributed by atoms with E-state index in [1.807, 2.05) is 13.8 Å². The number of carboxylic acids is 1. The Labute approximate surface area is 99.0 Å². The van der Waals surface area contributed by atoms with E-state index in [-0.39, 0.29) is 24.8 Å². The lowest BCUT2D eigenvalue weighted by molar-refractivity contribution is 0.0502. The van der Waals surface area contributed by atoms with Crippen LogP contribution >= 0.6 is 0 Å². The number of aliphatic hydroxyl groups is 1. The zero-order valence-corrected chi connectivity index (χ0v) is 10.1. The number of methoxy groups -OCH3 is 1. The smallest absolute Gasteiger partial charge is 0.358 e. The van der Waals surface area contributed by atoms with E-state index in [1.165, 1.54) is 11.8 Å². The summed E-state index contributed by atoms with van der Waals surface area (Å²) in [5, 5.41) is 25.9. The molecule has 0 aliphatic heterocycles. The van der Waals surface area contributed by atoms with E-state index in [0.717, 1.165) is 0 Å². The molecule has 0 aromatic carbocycles. The van der Waals surface area contributed by atoms with Gasteiger partial charge in [-0.25, -0.2) is 9.48 Å². The van der Waals surface area contributed by atoms with Crippen molar-refractivity contribution in [1.82, 2.24) is 15.0 Å². The first-order valence-electron chi connectivity index (χ1n) is 5.31. The number of nitrogens with zero attached hydrogens (tertiary/aromatic N) is 3. The van der Waals surface area contributed by atoms with E-state index in [4.69, 9.17) is 9.84 Å². The minimum atomic E-state index is -1.11. The maximum atomic E-state index is 10.9. The first kappa shape index (κ1) is 13.6. The molecule has 0 fully saturated rings. The third-order valence-electron chi connectivity index (χ3n) is 2.27. The van der Waals surface area contributed by atoms with Crippen LogP contribution in [0.4, 0.5) is 0 Å². The van der Waals surface area contributed by atoms with Gasteiger partial charge in [-0.15, -0.1) is 5.10 Å². The Morgan fingerprint density at radius 3 is 2.65 bits per heavy atom. The van der Waals surface area contributed by atoms with Gasteiger partial charge < -0.3 is 14.9 Å². The lowest BCUT2D eigenvalue weighted by Crippen LogP contribution is -2.23. The van der Waals surface area contributed by atoms with Gasteiger partial charge in [-0.2, -0.15) is 0 Å². The molecule has 96 valence electrons. The number of aliphatic hydroxyl groups excluding tert-OH is 1. The third kappa shape index (κ3) is 3.24. The normalized spacial score (nSPS) is 13.0. The maximum absolute atomic E-state index is 10.9. The van der Waals surface area contributed by atoms with E-state index in [9.17, 15) is 9.90 Å². The standard InChI is InChI=1S/C10H17N3O4/c1-6(2)9-8(10(15)16)11-12-13(9)4-7(14)5-17-3/h6-7,14H,4-5H2,1-3H3,(H,15,16). The number of aromatic carboxylic acids is 1. The summed E-state index contributed by atoms with van der Waals surface area (Å²) in [7, 11) is 1.48. The van der Waals surface area contributed by atoms with Crippen molar-refractivity contribution in [1.29, 1.82) is 0 Å². The molecular weight excluding hydrogens is 226 g/mol. The lowest BCUT2D eigenvalue weighted by atomic mass is 10.1. The molecule has 17 heavy (non-hydrogen) atoms. The van der Waals surface area contributed by atoms with E-state index in [1.54, 1.807) is 0 Å². The molecule has 7 nitrogen and oxygen atoms in total. The number of carboxylic acid groups (broad SMARTS) is 1. The van der Waals surface area contributed by atoms with Gasteiger partial charge in [0.15, 0.2) is 5.69 Å². The minimum Gasteiger partial charge on any atom is -0.476 e. The van der Waals surface area contributed by atoms with Crippen molar-refractivity contribution in [3.8, 4) is 0 Å². The summed E-state index contributed by atoms with van der Waals surface area (Å²) in [6, 6.07) is 0. The van der Waals surface area contributed by atoms with Gasteiger partial charge >= 0.3 is 5.97 Å². The molecule has 0 amide bonds. The van der Waals surface area contributed by atoms with Gasteiger partial charge in [0.05, 0.1) is 24.9 Å². The summed E-state index contributed by atoms with van der Waals surface area (Å²) in [5.74, 6) is -1.15. The van der Waals surface area contributed by atoms with Crippen LogP contribution in [-0.2, 0) is 11.3 Å². The molecule has 0 bridgehead atoms. The van der Waals surface area contributed by atoms with Crippen molar-refractivity contribution in [3.63, 3.8) is 0 Å². The number of carbonyl (C=O) groups is 1. The topological polar surface area (TPSA) is 97.5 Å². The van der Waals surface area contributed by atoms with Crippen molar-refractivity contribution < 1.29 is 19.7 Å². The molecule has 1 aromatic heterocycles. The van der Waals surface area contributed by atoms with Gasteiger partial charge in [0, 0.05) is 7.11 Å². The quantitative estimate of drug-likeness (QED) is 0.735. The van der Waals surface area contributed by atoms with Crippen molar-refractivity contribution in [2.45, 2.75) is 32.4 Å². The van der Waals surface area contributed by atoms with Crippen molar-refractivity contribution in [2.24, 2.45) is 0 Å². The highest BCUT2D eigenvalue weighted by Crippen LogP contribution is 2.17. The van der Waals surface area contributed by atoms with Gasteiger partial charge in [0.1, 0.15) is 0 Å². The van der Waals surface area contributed by atoms with Gasteiger partial charge in [0.25, 0.3) is 0 Å². The zero-order valence-electron chi connectivity index (χ0n) is 10.1. The molecule has 2 N–H and O–H groups in total. The van der Waals surface area contributed by atoms with Crippen LogP contribution in [0.3, 0.4) is 0 Å². The number of hydrogen-bond donors (Lipinski definition) is 2. The molecule has 7 heteroatoms. The maximum Gasteiger partial charge on any atom is 0.358 e. The summed E-state index contributed by atoms with van der Waals surface area (Å²) in [5.41, 5.74) is 0.442. The molecule has 1 unspecified atom stereocenters. The largest absolute Gasteiger partial charge is 0.476 e. The van der Waals surface area contributed by atoms with Crippen LogP contribution in [0, 0.1) is 0 Å². The predicted molar refractivity (Wildman–Crippen MR) is 59.0 cm³/mol. The van der Waals surface area contributed by atoms with Gasteiger partial charge in [-0.1, -0.05) is 19.1 Å². The Kier molecular flexibility index (Phi) is 4.59. The fourth-order valence-electron chi connectivity index (χ4n) is 1.62. The molecule has 1 rings (SSSR count). The SMILES string of the molecule is COCC(O)Cn1nnc(C(=O)O)c1C(C)C. The number of hydrogen-bond acceptors (Lipinski definition) is 5. The molecule has 1 aromatic rings. The Hall–Kier alpha value is -1.47. The Morgan fingerprint density at radius 1 is 1.53 bits per heavy atom. The van der Waals surface area contributed by atoms with Gasteiger partial charge in [0.2, 0.25) is 0 Å². The number of ether oxygens (including phenoxy) is 1. The molecule has 0 radical (unpaired) electrons. The monoisotopic (exact) mass is 243 g/mol. The summed E-state index contributed by atoms with van der Waals surface area (Å²) in [6.45, 7) is 4.04. The lowest BCUT2D eigenvalue weighted by Gasteiger charge is -2.13. The van der Waals surface area contributed by atoms with Crippen molar-refractivity contribution in [3.05, 3.63) is 11.4 Å². The average Bonchev–Trinajstić information content (AvgIpc) is 2.61. The predicted octanol–water partition coefficient (Wildman–Crippen LogP) is 0.107. The minimum absolute atomic E-state index is 0.0363. The molecule has 0 saturated carbocycles. The van der Waals surface area contributed by atoms with E-state index in [0.29, 0.717) is 5.69 Å². The highest BCUT2D eigenvalue weighted by atomic mass is 16.5. The molecule has 0 aliphatic rings. The molecule has 0 saturated heterocycles. The van der Waals surface area contributed by atoms with Crippen LogP contribution in [0.2, 0.25) is 0 Å². The first-order chi connectivity index (χ1) is 7.97. The Morgan fingerprint density at radius 2 is 2.18 bits per heavy atom. The van der Waals surface area contributed by atoms with Crippen LogP contribution in [0.5, 0.6) is 0 Å². The van der Waals surface area contributed by atoms with Crippen molar-refractivity contribution >= 4 is 5.97 Å². The van der Waals surface area contributed by atoms with E-state index < -0.39 is 12.1 Å². The summed E-state index contributed by atoms with van der Waals surface area (Å²) in [4.78, 5) is 10.9. The van der Waals surface area contributed by atoms with Crippen LogP contribution in [0.15, 0.2) is 0 Å². The summed E-state index contributed by atoms with van der Waals surface area (Å²) < 4.78 is 6.22.